The zero-order chi connectivity index (χ0) is 11.7. The highest BCUT2D eigenvalue weighted by atomic mass is 32.1. The van der Waals surface area contributed by atoms with Gasteiger partial charge in [-0.25, -0.2) is 0 Å². The Hall–Kier alpha value is -1.12. The molecule has 0 saturated heterocycles. The minimum Gasteiger partial charge on any atom is -0.392 e. The number of fused-ring (bicyclic) bond motifs is 1. The Morgan fingerprint density at radius 1 is 1.12 bits per heavy atom. The van der Waals surface area contributed by atoms with Crippen molar-refractivity contribution in [3.63, 3.8) is 0 Å². The van der Waals surface area contributed by atoms with Crippen LogP contribution in [0.2, 0.25) is 0 Å². The Morgan fingerprint density at radius 2 is 1.82 bits per heavy atom. The monoisotopic (exact) mass is 244 g/mol. The van der Waals surface area contributed by atoms with Gasteiger partial charge < -0.3 is 5.11 Å². The van der Waals surface area contributed by atoms with Crippen molar-refractivity contribution in [3.8, 4) is 0 Å². The van der Waals surface area contributed by atoms with Crippen LogP contribution < -0.4 is 0 Å². The minimum atomic E-state index is -0.207. The third-order valence-corrected chi connectivity index (χ3v) is 4.52. The Labute approximate surface area is 106 Å². The van der Waals surface area contributed by atoms with E-state index in [-0.39, 0.29) is 6.10 Å². The summed E-state index contributed by atoms with van der Waals surface area (Å²) in [7, 11) is 0. The zero-order valence-corrected chi connectivity index (χ0v) is 10.5. The summed E-state index contributed by atoms with van der Waals surface area (Å²) < 4.78 is 0. The third kappa shape index (κ3) is 2.28. The van der Waals surface area contributed by atoms with Gasteiger partial charge in [0.25, 0.3) is 0 Å². The fourth-order valence-electron chi connectivity index (χ4n) is 2.67. The van der Waals surface area contributed by atoms with Crippen molar-refractivity contribution in [2.45, 2.75) is 25.4 Å². The molecule has 2 heteroatoms. The lowest BCUT2D eigenvalue weighted by atomic mass is 9.96. The van der Waals surface area contributed by atoms with Gasteiger partial charge in [0.2, 0.25) is 0 Å². The van der Waals surface area contributed by atoms with E-state index in [2.05, 4.69) is 41.8 Å². The summed E-state index contributed by atoms with van der Waals surface area (Å²) in [5.41, 5.74) is 2.84. The molecule has 1 aromatic heterocycles. The molecule has 0 amide bonds. The van der Waals surface area contributed by atoms with Crippen molar-refractivity contribution in [3.05, 3.63) is 57.8 Å². The SMILES string of the molecule is OC(Cc1cccs1)C1Cc2ccccc2C1. The van der Waals surface area contributed by atoms with Crippen LogP contribution in [0.5, 0.6) is 0 Å². The summed E-state index contributed by atoms with van der Waals surface area (Å²) in [6.07, 6.45) is 2.66. The number of aliphatic hydroxyl groups is 1. The summed E-state index contributed by atoms with van der Waals surface area (Å²) in [5, 5.41) is 12.4. The summed E-state index contributed by atoms with van der Waals surface area (Å²) in [6.45, 7) is 0. The van der Waals surface area contributed by atoms with E-state index in [1.54, 1.807) is 11.3 Å². The maximum absolute atomic E-state index is 10.3. The summed E-state index contributed by atoms with van der Waals surface area (Å²) in [4.78, 5) is 1.29. The topological polar surface area (TPSA) is 20.2 Å². The number of benzene rings is 1. The molecular weight excluding hydrogens is 228 g/mol. The van der Waals surface area contributed by atoms with Crippen molar-refractivity contribution in [2.75, 3.05) is 0 Å². The van der Waals surface area contributed by atoms with E-state index in [0.717, 1.165) is 19.3 Å². The number of rotatable bonds is 3. The van der Waals surface area contributed by atoms with Crippen LogP contribution in [0.25, 0.3) is 0 Å². The Kier molecular flexibility index (Phi) is 3.00. The second-order valence-electron chi connectivity index (χ2n) is 4.79. The quantitative estimate of drug-likeness (QED) is 0.879. The minimum absolute atomic E-state index is 0.207. The van der Waals surface area contributed by atoms with Gasteiger partial charge in [-0.15, -0.1) is 11.3 Å². The molecule has 0 bridgehead atoms. The molecule has 1 aromatic carbocycles. The third-order valence-electron chi connectivity index (χ3n) is 3.62. The first-order valence-corrected chi connectivity index (χ1v) is 6.98. The maximum atomic E-state index is 10.3. The first-order chi connectivity index (χ1) is 8.33. The highest BCUT2D eigenvalue weighted by molar-refractivity contribution is 7.09. The standard InChI is InChI=1S/C15H16OS/c16-15(10-14-6-3-7-17-14)13-8-11-4-1-2-5-12(11)9-13/h1-7,13,15-16H,8-10H2. The fourth-order valence-corrected chi connectivity index (χ4v) is 3.42. The van der Waals surface area contributed by atoms with Gasteiger partial charge in [-0.2, -0.15) is 0 Å². The van der Waals surface area contributed by atoms with Gasteiger partial charge in [-0.1, -0.05) is 30.3 Å². The molecule has 1 aliphatic carbocycles. The van der Waals surface area contributed by atoms with Crippen molar-refractivity contribution >= 4 is 11.3 Å². The predicted octanol–water partition coefficient (Wildman–Crippen LogP) is 3.07. The van der Waals surface area contributed by atoms with Gasteiger partial charge in [0.15, 0.2) is 0 Å². The lowest BCUT2D eigenvalue weighted by Gasteiger charge is -2.16. The van der Waals surface area contributed by atoms with Crippen LogP contribution in [0.1, 0.15) is 16.0 Å². The van der Waals surface area contributed by atoms with Crippen LogP contribution in [-0.4, -0.2) is 11.2 Å². The molecule has 1 unspecified atom stereocenters. The molecular formula is C15H16OS. The number of hydrogen-bond donors (Lipinski definition) is 1. The van der Waals surface area contributed by atoms with Gasteiger partial charge in [-0.05, 0) is 41.3 Å². The molecule has 0 fully saturated rings. The van der Waals surface area contributed by atoms with Crippen molar-refractivity contribution < 1.29 is 5.11 Å². The normalized spacial score (nSPS) is 17.0. The van der Waals surface area contributed by atoms with Crippen molar-refractivity contribution in [1.29, 1.82) is 0 Å². The van der Waals surface area contributed by atoms with E-state index in [1.807, 2.05) is 0 Å². The average molecular weight is 244 g/mol. The van der Waals surface area contributed by atoms with Crippen LogP contribution in [-0.2, 0) is 19.3 Å². The van der Waals surface area contributed by atoms with Crippen molar-refractivity contribution in [2.24, 2.45) is 5.92 Å². The highest BCUT2D eigenvalue weighted by Gasteiger charge is 2.27. The molecule has 1 heterocycles. The van der Waals surface area contributed by atoms with Gasteiger partial charge >= 0.3 is 0 Å². The van der Waals surface area contributed by atoms with E-state index in [1.165, 1.54) is 16.0 Å². The van der Waals surface area contributed by atoms with E-state index in [4.69, 9.17) is 0 Å². The van der Waals surface area contributed by atoms with Crippen LogP contribution in [0.15, 0.2) is 41.8 Å². The molecule has 3 rings (SSSR count). The van der Waals surface area contributed by atoms with Gasteiger partial charge in [0.1, 0.15) is 0 Å². The fraction of sp³-hybridized carbons (Fsp3) is 0.333. The number of aliphatic hydroxyl groups excluding tert-OH is 1. The maximum Gasteiger partial charge on any atom is 0.0622 e. The smallest absolute Gasteiger partial charge is 0.0622 e. The first kappa shape index (κ1) is 11.0. The lowest BCUT2D eigenvalue weighted by molar-refractivity contribution is 0.113. The van der Waals surface area contributed by atoms with E-state index >= 15 is 0 Å². The Morgan fingerprint density at radius 3 is 2.41 bits per heavy atom. The van der Waals surface area contributed by atoms with Crippen molar-refractivity contribution in [1.82, 2.24) is 0 Å². The Balaban J connectivity index is 1.68. The summed E-state index contributed by atoms with van der Waals surface area (Å²) >= 11 is 1.73. The largest absolute Gasteiger partial charge is 0.392 e. The van der Waals surface area contributed by atoms with Gasteiger partial charge in [-0.3, -0.25) is 0 Å². The van der Waals surface area contributed by atoms with Crippen LogP contribution in [0.3, 0.4) is 0 Å². The molecule has 1 aliphatic rings. The van der Waals surface area contributed by atoms with Crippen LogP contribution >= 0.6 is 11.3 Å². The first-order valence-electron chi connectivity index (χ1n) is 6.10. The van der Waals surface area contributed by atoms with E-state index in [9.17, 15) is 5.11 Å². The van der Waals surface area contributed by atoms with E-state index < -0.39 is 0 Å². The molecule has 17 heavy (non-hydrogen) atoms. The molecule has 0 aliphatic heterocycles. The lowest BCUT2D eigenvalue weighted by Crippen LogP contribution is -2.22. The predicted molar refractivity (Wildman–Crippen MR) is 71.4 cm³/mol. The molecule has 1 nitrogen and oxygen atoms in total. The summed E-state index contributed by atoms with van der Waals surface area (Å²) in [6, 6.07) is 12.7. The molecule has 2 aromatic rings. The average Bonchev–Trinajstić information content (AvgIpc) is 2.96. The Bertz CT molecular complexity index is 464. The molecule has 0 spiro atoms. The van der Waals surface area contributed by atoms with E-state index in [0.29, 0.717) is 5.92 Å². The summed E-state index contributed by atoms with van der Waals surface area (Å²) in [5.74, 6) is 0.398. The molecule has 88 valence electrons. The zero-order valence-electron chi connectivity index (χ0n) is 9.67. The molecule has 0 saturated carbocycles. The van der Waals surface area contributed by atoms with Gasteiger partial charge in [0, 0.05) is 11.3 Å². The number of thiophene rings is 1. The molecule has 1 atom stereocenters. The second-order valence-corrected chi connectivity index (χ2v) is 5.82. The molecule has 0 radical (unpaired) electrons. The second kappa shape index (κ2) is 4.63. The molecule has 1 N–H and O–H groups in total. The van der Waals surface area contributed by atoms with Gasteiger partial charge in [0.05, 0.1) is 6.10 Å². The van der Waals surface area contributed by atoms with Crippen LogP contribution in [0.4, 0.5) is 0 Å². The number of hydrogen-bond acceptors (Lipinski definition) is 2. The highest BCUT2D eigenvalue weighted by Crippen LogP contribution is 2.30. The van der Waals surface area contributed by atoms with Crippen LogP contribution in [0, 0.1) is 5.92 Å².